The fourth-order valence-corrected chi connectivity index (χ4v) is 3.13. The highest BCUT2D eigenvalue weighted by Gasteiger charge is 2.41. The zero-order valence-corrected chi connectivity index (χ0v) is 17.4. The molecule has 4 rings (SSSR count). The number of rotatable bonds is 4. The van der Waals surface area contributed by atoms with Gasteiger partial charge in [0.05, 0.1) is 11.3 Å². The van der Waals surface area contributed by atoms with Crippen LogP contribution in [0.1, 0.15) is 23.9 Å². The first-order valence-corrected chi connectivity index (χ1v) is 9.59. The third-order valence-corrected chi connectivity index (χ3v) is 5.08. The van der Waals surface area contributed by atoms with E-state index in [2.05, 4.69) is 19.9 Å². The second-order valence-corrected chi connectivity index (χ2v) is 7.36. The molecular formula is C21H16F6N4O2. The minimum absolute atomic E-state index is 0.116. The number of pyridine rings is 1. The Bertz CT molecular complexity index is 1320. The summed E-state index contributed by atoms with van der Waals surface area (Å²) in [4.78, 5) is 8.55. The zero-order chi connectivity index (χ0) is 24.1. The fraction of sp³-hybridized carbons (Fsp3) is 0.286. The van der Waals surface area contributed by atoms with Gasteiger partial charge in [0.15, 0.2) is 6.10 Å². The predicted octanol–water partition coefficient (Wildman–Crippen LogP) is 6.02. The van der Waals surface area contributed by atoms with Gasteiger partial charge in [-0.25, -0.2) is 4.98 Å². The minimum atomic E-state index is -4.97. The molecule has 1 unspecified atom stereocenters. The van der Waals surface area contributed by atoms with E-state index in [0.717, 1.165) is 23.5 Å². The van der Waals surface area contributed by atoms with Crippen molar-refractivity contribution in [1.82, 2.24) is 19.5 Å². The number of ether oxygens (including phenoxy) is 1. The van der Waals surface area contributed by atoms with E-state index in [0.29, 0.717) is 24.2 Å². The van der Waals surface area contributed by atoms with E-state index < -0.39 is 29.8 Å². The van der Waals surface area contributed by atoms with Gasteiger partial charge in [-0.15, -0.1) is 0 Å². The van der Waals surface area contributed by atoms with Crippen molar-refractivity contribution in [2.24, 2.45) is 0 Å². The molecule has 0 aliphatic heterocycles. The molecule has 4 aromatic rings. The summed E-state index contributed by atoms with van der Waals surface area (Å²) in [6.07, 6.45) is -10.5. The predicted molar refractivity (Wildman–Crippen MR) is 105 cm³/mol. The summed E-state index contributed by atoms with van der Waals surface area (Å²) in [6.45, 7) is 4.39. The van der Waals surface area contributed by atoms with Crippen LogP contribution in [-0.4, -0.2) is 31.8 Å². The first-order valence-electron chi connectivity index (χ1n) is 9.59. The first-order chi connectivity index (χ1) is 15.3. The van der Waals surface area contributed by atoms with E-state index in [9.17, 15) is 26.3 Å². The molecule has 0 spiro atoms. The van der Waals surface area contributed by atoms with E-state index in [1.54, 1.807) is 18.3 Å². The maximum atomic E-state index is 13.5. The molecule has 0 aliphatic rings. The SMILES string of the molecule is Cc1nc2cc(-c3noc(-c4ccc(OC(C)C(F)(F)F)c(C(F)(F)F)c4)n3)ccn2c1C. The quantitative estimate of drug-likeness (QED) is 0.342. The summed E-state index contributed by atoms with van der Waals surface area (Å²) >= 11 is 0. The van der Waals surface area contributed by atoms with Crippen LogP contribution in [0.25, 0.3) is 28.5 Å². The summed E-state index contributed by atoms with van der Waals surface area (Å²) < 4.78 is 90.3. The highest BCUT2D eigenvalue weighted by molar-refractivity contribution is 5.65. The summed E-state index contributed by atoms with van der Waals surface area (Å²) in [5, 5.41) is 3.81. The van der Waals surface area contributed by atoms with Crippen molar-refractivity contribution in [3.8, 4) is 28.6 Å². The number of hydrogen-bond acceptors (Lipinski definition) is 5. The molecular weight excluding hydrogens is 454 g/mol. The maximum absolute atomic E-state index is 13.5. The van der Waals surface area contributed by atoms with E-state index in [1.165, 1.54) is 0 Å². The van der Waals surface area contributed by atoms with Crippen molar-refractivity contribution >= 4 is 5.65 Å². The maximum Gasteiger partial charge on any atom is 0.425 e. The first kappa shape index (κ1) is 22.6. The molecule has 12 heteroatoms. The van der Waals surface area contributed by atoms with E-state index >= 15 is 0 Å². The highest BCUT2D eigenvalue weighted by Crippen LogP contribution is 2.40. The number of nitrogens with zero attached hydrogens (tertiary/aromatic N) is 4. The molecule has 0 aliphatic carbocycles. The van der Waals surface area contributed by atoms with E-state index in [4.69, 9.17) is 4.52 Å². The van der Waals surface area contributed by atoms with Crippen LogP contribution in [0.2, 0.25) is 0 Å². The van der Waals surface area contributed by atoms with Gasteiger partial charge in [0.1, 0.15) is 11.4 Å². The van der Waals surface area contributed by atoms with Crippen molar-refractivity contribution in [3.05, 3.63) is 53.5 Å². The lowest BCUT2D eigenvalue weighted by Crippen LogP contribution is -2.31. The Kier molecular flexibility index (Phi) is 5.33. The van der Waals surface area contributed by atoms with Gasteiger partial charge >= 0.3 is 12.4 Å². The Labute approximate surface area is 182 Å². The third kappa shape index (κ3) is 4.37. The minimum Gasteiger partial charge on any atom is -0.481 e. The monoisotopic (exact) mass is 470 g/mol. The van der Waals surface area contributed by atoms with Crippen molar-refractivity contribution in [2.75, 3.05) is 0 Å². The van der Waals surface area contributed by atoms with Crippen LogP contribution in [0.5, 0.6) is 5.75 Å². The average molecular weight is 470 g/mol. The molecule has 1 atom stereocenters. The normalized spacial score (nSPS) is 13.5. The van der Waals surface area contributed by atoms with Crippen molar-refractivity contribution < 1.29 is 35.6 Å². The summed E-state index contributed by atoms with van der Waals surface area (Å²) in [6, 6.07) is 5.93. The van der Waals surface area contributed by atoms with Gasteiger partial charge in [0.2, 0.25) is 5.82 Å². The van der Waals surface area contributed by atoms with Crippen LogP contribution in [0, 0.1) is 13.8 Å². The topological polar surface area (TPSA) is 65.5 Å². The second-order valence-electron chi connectivity index (χ2n) is 7.36. The lowest BCUT2D eigenvalue weighted by Gasteiger charge is -2.20. The number of alkyl halides is 6. The van der Waals surface area contributed by atoms with Gasteiger partial charge < -0.3 is 13.7 Å². The van der Waals surface area contributed by atoms with Crippen LogP contribution >= 0.6 is 0 Å². The fourth-order valence-electron chi connectivity index (χ4n) is 3.13. The number of aromatic nitrogens is 4. The summed E-state index contributed by atoms with van der Waals surface area (Å²) in [5.41, 5.74) is 1.43. The molecule has 0 amide bonds. The Balaban J connectivity index is 1.69. The van der Waals surface area contributed by atoms with Gasteiger partial charge in [0, 0.05) is 23.0 Å². The average Bonchev–Trinajstić information content (AvgIpc) is 3.32. The summed E-state index contributed by atoms with van der Waals surface area (Å²) in [5.74, 6) is -1.07. The number of imidazole rings is 1. The Morgan fingerprint density at radius 1 is 0.970 bits per heavy atom. The molecule has 1 aromatic carbocycles. The van der Waals surface area contributed by atoms with Crippen LogP contribution in [0.3, 0.4) is 0 Å². The van der Waals surface area contributed by atoms with E-state index in [1.807, 2.05) is 18.2 Å². The Morgan fingerprint density at radius 3 is 2.36 bits per heavy atom. The lowest BCUT2D eigenvalue weighted by molar-refractivity contribution is -0.191. The molecule has 0 saturated heterocycles. The number of hydrogen-bond donors (Lipinski definition) is 0. The molecule has 174 valence electrons. The molecule has 0 fully saturated rings. The molecule has 0 N–H and O–H groups in total. The zero-order valence-electron chi connectivity index (χ0n) is 17.4. The molecule has 6 nitrogen and oxygen atoms in total. The Hall–Kier alpha value is -3.57. The van der Waals surface area contributed by atoms with Crippen molar-refractivity contribution in [2.45, 2.75) is 39.2 Å². The van der Waals surface area contributed by atoms with Gasteiger partial charge in [-0.3, -0.25) is 0 Å². The second kappa shape index (κ2) is 7.78. The van der Waals surface area contributed by atoms with Gasteiger partial charge in [-0.1, -0.05) is 5.16 Å². The van der Waals surface area contributed by atoms with Crippen LogP contribution < -0.4 is 4.74 Å². The number of halogens is 6. The molecule has 0 bridgehead atoms. The lowest BCUT2D eigenvalue weighted by atomic mass is 10.1. The molecule has 0 radical (unpaired) electrons. The van der Waals surface area contributed by atoms with Gasteiger partial charge in [0.25, 0.3) is 5.89 Å². The third-order valence-electron chi connectivity index (χ3n) is 5.08. The molecule has 3 aromatic heterocycles. The highest BCUT2D eigenvalue weighted by atomic mass is 19.4. The van der Waals surface area contributed by atoms with Crippen LogP contribution in [0.15, 0.2) is 41.1 Å². The van der Waals surface area contributed by atoms with Gasteiger partial charge in [-0.05, 0) is 51.1 Å². The molecule has 3 heterocycles. The number of aryl methyl sites for hydroxylation is 2. The standard InChI is InChI=1S/C21H16F6N4O2/c1-10-11(2)31-7-6-13(9-17(31)28-10)18-29-19(33-30-18)14-4-5-16(15(8-14)21(25,26)27)32-12(3)20(22,23)24/h4-9,12H,1-3H3. The van der Waals surface area contributed by atoms with Crippen LogP contribution in [0.4, 0.5) is 26.3 Å². The van der Waals surface area contributed by atoms with Crippen LogP contribution in [-0.2, 0) is 6.18 Å². The van der Waals surface area contributed by atoms with Crippen molar-refractivity contribution in [3.63, 3.8) is 0 Å². The van der Waals surface area contributed by atoms with E-state index in [-0.39, 0.29) is 17.3 Å². The largest absolute Gasteiger partial charge is 0.481 e. The molecule has 0 saturated carbocycles. The molecule has 33 heavy (non-hydrogen) atoms. The van der Waals surface area contributed by atoms with Crippen molar-refractivity contribution in [1.29, 1.82) is 0 Å². The summed E-state index contributed by atoms with van der Waals surface area (Å²) in [7, 11) is 0. The number of benzene rings is 1. The smallest absolute Gasteiger partial charge is 0.425 e. The Morgan fingerprint density at radius 2 is 1.70 bits per heavy atom. The number of fused-ring (bicyclic) bond motifs is 1. The van der Waals surface area contributed by atoms with Gasteiger partial charge in [-0.2, -0.15) is 31.3 Å².